The molecule has 0 radical (unpaired) electrons. The van der Waals surface area contributed by atoms with Gasteiger partial charge in [-0.15, -0.1) is 0 Å². The molecule has 120 valence electrons. The van der Waals surface area contributed by atoms with E-state index in [4.69, 9.17) is 0 Å². The van der Waals surface area contributed by atoms with Gasteiger partial charge in [0.2, 0.25) is 5.91 Å². The number of aryl methyl sites for hydroxylation is 2. The molecule has 2 fully saturated rings. The van der Waals surface area contributed by atoms with Gasteiger partial charge in [-0.3, -0.25) is 19.4 Å². The number of carbonyl (C=O) groups is 1. The molecule has 2 saturated heterocycles. The van der Waals surface area contributed by atoms with E-state index < -0.39 is 0 Å². The summed E-state index contributed by atoms with van der Waals surface area (Å²) in [6, 6.07) is 6.67. The van der Waals surface area contributed by atoms with Crippen molar-refractivity contribution in [3.05, 3.63) is 42.0 Å². The van der Waals surface area contributed by atoms with Crippen LogP contribution in [0.4, 0.5) is 5.69 Å². The molecular formula is C17H21N5O. The minimum absolute atomic E-state index is 0.204. The van der Waals surface area contributed by atoms with Gasteiger partial charge < -0.3 is 4.90 Å². The number of hydrogen-bond donors (Lipinski definition) is 0. The first-order valence-electron chi connectivity index (χ1n) is 8.09. The van der Waals surface area contributed by atoms with Gasteiger partial charge in [-0.2, -0.15) is 5.10 Å². The molecule has 4 rings (SSSR count). The van der Waals surface area contributed by atoms with Crippen molar-refractivity contribution >= 4 is 11.6 Å². The van der Waals surface area contributed by atoms with Gasteiger partial charge in [-0.05, 0) is 25.5 Å². The Morgan fingerprint density at radius 3 is 2.91 bits per heavy atom. The Morgan fingerprint density at radius 1 is 1.30 bits per heavy atom. The predicted molar refractivity (Wildman–Crippen MR) is 86.9 cm³/mol. The van der Waals surface area contributed by atoms with Crippen LogP contribution in [0.15, 0.2) is 30.6 Å². The van der Waals surface area contributed by atoms with Crippen molar-refractivity contribution in [3.8, 4) is 0 Å². The molecule has 0 aliphatic carbocycles. The van der Waals surface area contributed by atoms with Crippen LogP contribution in [-0.4, -0.2) is 44.2 Å². The molecule has 6 heteroatoms. The maximum absolute atomic E-state index is 12.5. The van der Waals surface area contributed by atoms with Crippen LogP contribution in [0.3, 0.4) is 0 Å². The number of anilines is 1. The van der Waals surface area contributed by atoms with Crippen LogP contribution < -0.4 is 4.90 Å². The second-order valence-electron chi connectivity index (χ2n) is 6.50. The van der Waals surface area contributed by atoms with Crippen molar-refractivity contribution in [1.29, 1.82) is 0 Å². The monoisotopic (exact) mass is 311 g/mol. The molecule has 0 N–H and O–H groups in total. The van der Waals surface area contributed by atoms with E-state index in [9.17, 15) is 4.79 Å². The summed E-state index contributed by atoms with van der Waals surface area (Å²) in [5.41, 5.74) is 3.04. The van der Waals surface area contributed by atoms with E-state index in [0.29, 0.717) is 6.42 Å². The first-order chi connectivity index (χ1) is 11.1. The zero-order valence-corrected chi connectivity index (χ0v) is 13.5. The SMILES string of the molecule is Cc1cccc(CN2CC[C@@H]3[C@@H]2CC(=O)N3c2cnn(C)c2)n1. The number of pyridine rings is 1. The van der Waals surface area contributed by atoms with E-state index in [2.05, 4.69) is 21.0 Å². The number of amides is 1. The van der Waals surface area contributed by atoms with E-state index in [1.54, 1.807) is 10.9 Å². The van der Waals surface area contributed by atoms with Crippen LogP contribution in [0.25, 0.3) is 0 Å². The van der Waals surface area contributed by atoms with E-state index in [1.807, 2.05) is 37.2 Å². The lowest BCUT2D eigenvalue weighted by Crippen LogP contribution is -2.37. The van der Waals surface area contributed by atoms with Gasteiger partial charge in [0.05, 0.1) is 23.6 Å². The van der Waals surface area contributed by atoms with Crippen molar-refractivity contribution in [1.82, 2.24) is 19.7 Å². The highest BCUT2D eigenvalue weighted by Gasteiger charge is 2.47. The van der Waals surface area contributed by atoms with Gasteiger partial charge in [0.1, 0.15) is 0 Å². The lowest BCUT2D eigenvalue weighted by Gasteiger charge is -2.24. The highest BCUT2D eigenvalue weighted by atomic mass is 16.2. The number of nitrogens with zero attached hydrogens (tertiary/aromatic N) is 5. The van der Waals surface area contributed by atoms with E-state index in [-0.39, 0.29) is 18.0 Å². The molecule has 2 atom stereocenters. The van der Waals surface area contributed by atoms with Crippen molar-refractivity contribution in [3.63, 3.8) is 0 Å². The smallest absolute Gasteiger partial charge is 0.229 e. The van der Waals surface area contributed by atoms with Crippen molar-refractivity contribution in [2.24, 2.45) is 7.05 Å². The normalized spacial score (nSPS) is 24.4. The number of carbonyl (C=O) groups excluding carboxylic acids is 1. The zero-order valence-electron chi connectivity index (χ0n) is 13.5. The largest absolute Gasteiger partial charge is 0.305 e. The van der Waals surface area contributed by atoms with Crippen molar-refractivity contribution < 1.29 is 4.79 Å². The molecule has 23 heavy (non-hydrogen) atoms. The quantitative estimate of drug-likeness (QED) is 0.862. The Morgan fingerprint density at radius 2 is 2.17 bits per heavy atom. The van der Waals surface area contributed by atoms with Gasteiger partial charge in [0, 0.05) is 44.5 Å². The number of aromatic nitrogens is 3. The molecule has 2 aliphatic rings. The summed E-state index contributed by atoms with van der Waals surface area (Å²) in [5, 5.41) is 4.21. The van der Waals surface area contributed by atoms with E-state index in [0.717, 1.165) is 36.6 Å². The molecule has 6 nitrogen and oxygen atoms in total. The topological polar surface area (TPSA) is 54.3 Å². The molecule has 0 saturated carbocycles. The summed E-state index contributed by atoms with van der Waals surface area (Å²) < 4.78 is 1.75. The summed E-state index contributed by atoms with van der Waals surface area (Å²) >= 11 is 0. The summed E-state index contributed by atoms with van der Waals surface area (Å²) in [4.78, 5) is 21.4. The lowest BCUT2D eigenvalue weighted by atomic mass is 10.1. The number of fused-ring (bicyclic) bond motifs is 1. The third-order valence-corrected chi connectivity index (χ3v) is 4.89. The van der Waals surface area contributed by atoms with Crippen LogP contribution in [0.5, 0.6) is 0 Å². The highest BCUT2D eigenvalue weighted by molar-refractivity contribution is 5.97. The minimum Gasteiger partial charge on any atom is -0.305 e. The Hall–Kier alpha value is -2.21. The molecule has 1 amide bonds. The first kappa shape index (κ1) is 14.4. The Bertz CT molecular complexity index is 740. The summed E-state index contributed by atoms with van der Waals surface area (Å²) in [6.45, 7) is 3.84. The average Bonchev–Trinajstić information content (AvgIpc) is 3.16. The van der Waals surface area contributed by atoms with Crippen molar-refractivity contribution in [2.75, 3.05) is 11.4 Å². The fourth-order valence-electron chi connectivity index (χ4n) is 3.89. The van der Waals surface area contributed by atoms with Crippen LogP contribution in [0.1, 0.15) is 24.2 Å². The Labute approximate surface area is 135 Å². The van der Waals surface area contributed by atoms with Gasteiger partial charge in [0.25, 0.3) is 0 Å². The van der Waals surface area contributed by atoms with Crippen LogP contribution in [0, 0.1) is 6.92 Å². The number of rotatable bonds is 3. The third-order valence-electron chi connectivity index (χ3n) is 4.89. The fraction of sp³-hybridized carbons (Fsp3) is 0.471. The minimum atomic E-state index is 0.204. The number of likely N-dealkylation sites (tertiary alicyclic amines) is 1. The van der Waals surface area contributed by atoms with Crippen LogP contribution in [-0.2, 0) is 18.4 Å². The molecule has 0 aromatic carbocycles. The summed E-state index contributed by atoms with van der Waals surface area (Å²) in [5.74, 6) is 0.204. The number of hydrogen-bond acceptors (Lipinski definition) is 4. The average molecular weight is 311 g/mol. The van der Waals surface area contributed by atoms with E-state index >= 15 is 0 Å². The van der Waals surface area contributed by atoms with Gasteiger partial charge in [0.15, 0.2) is 0 Å². The van der Waals surface area contributed by atoms with E-state index in [1.165, 1.54) is 0 Å². The lowest BCUT2D eigenvalue weighted by molar-refractivity contribution is -0.117. The highest BCUT2D eigenvalue weighted by Crippen LogP contribution is 2.36. The maximum atomic E-state index is 12.5. The summed E-state index contributed by atoms with van der Waals surface area (Å²) in [7, 11) is 1.88. The van der Waals surface area contributed by atoms with Crippen LogP contribution >= 0.6 is 0 Å². The first-order valence-corrected chi connectivity index (χ1v) is 8.09. The molecular weight excluding hydrogens is 290 g/mol. The fourth-order valence-corrected chi connectivity index (χ4v) is 3.89. The molecule has 2 aromatic heterocycles. The second kappa shape index (κ2) is 5.45. The Balaban J connectivity index is 1.54. The van der Waals surface area contributed by atoms with Crippen molar-refractivity contribution in [2.45, 2.75) is 38.4 Å². The molecule has 4 heterocycles. The molecule has 2 aromatic rings. The zero-order chi connectivity index (χ0) is 16.0. The second-order valence-corrected chi connectivity index (χ2v) is 6.50. The Kier molecular flexibility index (Phi) is 3.41. The van der Waals surface area contributed by atoms with Gasteiger partial charge >= 0.3 is 0 Å². The summed E-state index contributed by atoms with van der Waals surface area (Å²) in [6.07, 6.45) is 5.30. The third kappa shape index (κ3) is 2.53. The van der Waals surface area contributed by atoms with Gasteiger partial charge in [-0.1, -0.05) is 6.07 Å². The molecule has 2 aliphatic heterocycles. The van der Waals surface area contributed by atoms with Gasteiger partial charge in [-0.25, -0.2) is 0 Å². The predicted octanol–water partition coefficient (Wildman–Crippen LogP) is 1.50. The molecule has 0 spiro atoms. The maximum Gasteiger partial charge on any atom is 0.229 e. The molecule has 0 unspecified atom stereocenters. The molecule has 0 bridgehead atoms. The standard InChI is InChI=1S/C17H21N5O/c1-12-4-3-5-13(19-12)10-21-7-6-15-16(21)8-17(23)22(15)14-9-18-20(2)11-14/h3-5,9,11,15-16H,6-8,10H2,1-2H3/t15-,16+/m1/s1. The van der Waals surface area contributed by atoms with Crippen LogP contribution in [0.2, 0.25) is 0 Å².